The van der Waals surface area contributed by atoms with Gasteiger partial charge in [0.2, 0.25) is 0 Å². The third-order valence-electron chi connectivity index (χ3n) is 2.93. The number of ether oxygens (including phenoxy) is 3. The molecule has 0 spiro atoms. The number of aromatic nitrogens is 1. The molecule has 23 heavy (non-hydrogen) atoms. The lowest BCUT2D eigenvalue weighted by Crippen LogP contribution is -2.38. The maximum absolute atomic E-state index is 12.0. The predicted octanol–water partition coefficient (Wildman–Crippen LogP) is 2.76. The molecule has 6 nitrogen and oxygen atoms in total. The Balaban J connectivity index is 2.38. The second-order valence-corrected chi connectivity index (χ2v) is 4.85. The van der Waals surface area contributed by atoms with Gasteiger partial charge < -0.3 is 14.2 Å². The molecule has 0 bridgehead atoms. The van der Waals surface area contributed by atoms with Crippen molar-refractivity contribution in [1.82, 2.24) is 4.98 Å². The molecule has 122 valence electrons. The van der Waals surface area contributed by atoms with Crippen molar-refractivity contribution in [3.8, 4) is 5.75 Å². The molecule has 2 aromatic rings. The second-order valence-electron chi connectivity index (χ2n) is 4.45. The smallest absolute Gasteiger partial charge is 0.359 e. The molecule has 0 aliphatic rings. The van der Waals surface area contributed by atoms with Gasteiger partial charge in [-0.3, -0.25) is 4.98 Å². The molecule has 0 N–H and O–H groups in total. The minimum Gasteiger partial charge on any atom is -0.464 e. The first kappa shape index (κ1) is 17.0. The normalized spacial score (nSPS) is 10.6. The van der Waals surface area contributed by atoms with Crippen molar-refractivity contribution in [2.75, 3.05) is 13.2 Å². The van der Waals surface area contributed by atoms with Crippen molar-refractivity contribution in [2.45, 2.75) is 20.0 Å². The van der Waals surface area contributed by atoms with Crippen LogP contribution in [-0.4, -0.2) is 36.2 Å². The molecule has 0 saturated carbocycles. The Kier molecular flexibility index (Phi) is 5.76. The van der Waals surface area contributed by atoms with Gasteiger partial charge in [0.1, 0.15) is 11.3 Å². The first-order valence-electron chi connectivity index (χ1n) is 7.11. The zero-order valence-electron chi connectivity index (χ0n) is 12.7. The number of rotatable bonds is 6. The number of halogens is 1. The van der Waals surface area contributed by atoms with Crippen LogP contribution in [0.15, 0.2) is 30.5 Å². The molecular formula is C16H16ClNO5. The molecule has 2 rings (SSSR count). The standard InChI is InChI=1S/C16H16ClNO5/c1-3-21-15(19)14(16(20)22-4-2)23-12-8-7-11(17)10-6-5-9-18-13(10)12/h5-9,14H,3-4H2,1-2H3. The minimum atomic E-state index is -1.51. The van der Waals surface area contributed by atoms with Crippen LogP contribution < -0.4 is 4.74 Å². The average molecular weight is 338 g/mol. The van der Waals surface area contributed by atoms with Gasteiger partial charge in [-0.05, 0) is 38.1 Å². The van der Waals surface area contributed by atoms with E-state index in [1.54, 1.807) is 44.3 Å². The summed E-state index contributed by atoms with van der Waals surface area (Å²) < 4.78 is 15.3. The topological polar surface area (TPSA) is 74.7 Å². The minimum absolute atomic E-state index is 0.123. The van der Waals surface area contributed by atoms with Crippen molar-refractivity contribution in [3.63, 3.8) is 0 Å². The SMILES string of the molecule is CCOC(=O)C(Oc1ccc(Cl)c2cccnc12)C(=O)OCC. The Morgan fingerprint density at radius 1 is 1.13 bits per heavy atom. The zero-order valence-corrected chi connectivity index (χ0v) is 13.5. The molecule has 0 radical (unpaired) electrons. The van der Waals surface area contributed by atoms with Crippen LogP contribution in [0.2, 0.25) is 5.02 Å². The van der Waals surface area contributed by atoms with E-state index in [0.29, 0.717) is 15.9 Å². The Bertz CT molecular complexity index is 701. The van der Waals surface area contributed by atoms with Crippen LogP contribution in [0.3, 0.4) is 0 Å². The predicted molar refractivity (Wildman–Crippen MR) is 84.4 cm³/mol. The van der Waals surface area contributed by atoms with Crippen molar-refractivity contribution >= 4 is 34.4 Å². The van der Waals surface area contributed by atoms with Gasteiger partial charge in [0.15, 0.2) is 0 Å². The molecule has 1 aromatic heterocycles. The number of pyridine rings is 1. The van der Waals surface area contributed by atoms with Gasteiger partial charge >= 0.3 is 11.9 Å². The third kappa shape index (κ3) is 3.90. The fourth-order valence-corrected chi connectivity index (χ4v) is 2.18. The molecule has 0 unspecified atom stereocenters. The van der Waals surface area contributed by atoms with E-state index in [1.165, 1.54) is 0 Å². The summed E-state index contributed by atoms with van der Waals surface area (Å²) in [5.74, 6) is -1.38. The molecule has 0 amide bonds. The summed E-state index contributed by atoms with van der Waals surface area (Å²) in [6, 6.07) is 6.64. The summed E-state index contributed by atoms with van der Waals surface area (Å²) >= 11 is 6.11. The summed E-state index contributed by atoms with van der Waals surface area (Å²) in [5, 5.41) is 1.14. The highest BCUT2D eigenvalue weighted by atomic mass is 35.5. The lowest BCUT2D eigenvalue weighted by Gasteiger charge is -2.17. The molecular weight excluding hydrogens is 322 g/mol. The zero-order chi connectivity index (χ0) is 16.8. The van der Waals surface area contributed by atoms with Gasteiger partial charge in [-0.25, -0.2) is 9.59 Å². The number of carbonyl (C=O) groups is 2. The first-order valence-corrected chi connectivity index (χ1v) is 7.49. The molecule has 7 heteroatoms. The van der Waals surface area contributed by atoms with Crippen molar-refractivity contribution in [3.05, 3.63) is 35.5 Å². The molecule has 1 heterocycles. The van der Waals surface area contributed by atoms with Crippen LogP contribution in [0.5, 0.6) is 5.75 Å². The van der Waals surface area contributed by atoms with Gasteiger partial charge in [-0.2, -0.15) is 0 Å². The van der Waals surface area contributed by atoms with Crippen LogP contribution in [0, 0.1) is 0 Å². The number of fused-ring (bicyclic) bond motifs is 1. The summed E-state index contributed by atoms with van der Waals surface area (Å²) in [5.41, 5.74) is 0.443. The van der Waals surface area contributed by atoms with Crippen molar-refractivity contribution in [2.24, 2.45) is 0 Å². The molecule has 0 aliphatic heterocycles. The van der Waals surface area contributed by atoms with Crippen LogP contribution in [0.4, 0.5) is 0 Å². The van der Waals surface area contributed by atoms with Crippen molar-refractivity contribution in [1.29, 1.82) is 0 Å². The highest BCUT2D eigenvalue weighted by Gasteiger charge is 2.32. The highest BCUT2D eigenvalue weighted by Crippen LogP contribution is 2.30. The molecule has 0 saturated heterocycles. The summed E-state index contributed by atoms with van der Waals surface area (Å²) in [6.45, 7) is 3.52. The Hall–Kier alpha value is -2.34. The molecule has 0 atom stereocenters. The molecule has 0 fully saturated rings. The maximum atomic E-state index is 12.0. The van der Waals surface area contributed by atoms with Gasteiger partial charge in [0, 0.05) is 11.6 Å². The summed E-state index contributed by atoms with van der Waals surface area (Å²) in [7, 11) is 0. The number of nitrogens with zero attached hydrogens (tertiary/aromatic N) is 1. The number of hydrogen-bond acceptors (Lipinski definition) is 6. The van der Waals surface area contributed by atoms with Crippen LogP contribution in [0.25, 0.3) is 10.9 Å². The monoisotopic (exact) mass is 337 g/mol. The molecule has 0 aliphatic carbocycles. The number of hydrogen-bond donors (Lipinski definition) is 0. The Labute approximate surface area is 138 Å². The van der Waals surface area contributed by atoms with E-state index >= 15 is 0 Å². The molecule has 1 aromatic carbocycles. The lowest BCUT2D eigenvalue weighted by atomic mass is 10.2. The number of benzene rings is 1. The van der Waals surface area contributed by atoms with E-state index in [-0.39, 0.29) is 19.0 Å². The van der Waals surface area contributed by atoms with E-state index < -0.39 is 18.0 Å². The third-order valence-corrected chi connectivity index (χ3v) is 3.26. The van der Waals surface area contributed by atoms with Crippen LogP contribution in [-0.2, 0) is 19.1 Å². The van der Waals surface area contributed by atoms with Gasteiger partial charge in [-0.1, -0.05) is 11.6 Å². The lowest BCUT2D eigenvalue weighted by molar-refractivity contribution is -0.166. The van der Waals surface area contributed by atoms with Gasteiger partial charge in [0.05, 0.1) is 18.2 Å². The average Bonchev–Trinajstić information content (AvgIpc) is 2.55. The quantitative estimate of drug-likeness (QED) is 0.596. The van der Waals surface area contributed by atoms with E-state index in [4.69, 9.17) is 25.8 Å². The number of esters is 2. The highest BCUT2D eigenvalue weighted by molar-refractivity contribution is 6.35. The van der Waals surface area contributed by atoms with Crippen LogP contribution >= 0.6 is 11.6 Å². The van der Waals surface area contributed by atoms with E-state index in [0.717, 1.165) is 0 Å². The van der Waals surface area contributed by atoms with E-state index in [2.05, 4.69) is 4.98 Å². The largest absolute Gasteiger partial charge is 0.464 e. The Morgan fingerprint density at radius 3 is 2.39 bits per heavy atom. The Morgan fingerprint density at radius 2 is 1.78 bits per heavy atom. The summed E-state index contributed by atoms with van der Waals surface area (Å²) in [6.07, 6.45) is 0.0520. The fraction of sp³-hybridized carbons (Fsp3) is 0.312. The van der Waals surface area contributed by atoms with E-state index in [9.17, 15) is 9.59 Å². The summed E-state index contributed by atoms with van der Waals surface area (Å²) in [4.78, 5) is 28.1. The van der Waals surface area contributed by atoms with Gasteiger partial charge in [-0.15, -0.1) is 0 Å². The van der Waals surface area contributed by atoms with Gasteiger partial charge in [0.25, 0.3) is 6.10 Å². The fourth-order valence-electron chi connectivity index (χ4n) is 1.96. The van der Waals surface area contributed by atoms with E-state index in [1.807, 2.05) is 0 Å². The maximum Gasteiger partial charge on any atom is 0.359 e. The second kappa shape index (κ2) is 7.78. The van der Waals surface area contributed by atoms with Crippen LogP contribution in [0.1, 0.15) is 13.8 Å². The van der Waals surface area contributed by atoms with Crippen molar-refractivity contribution < 1.29 is 23.8 Å². The number of carbonyl (C=O) groups excluding carboxylic acids is 2. The first-order chi connectivity index (χ1) is 11.1.